The molecule has 0 fully saturated rings. The van der Waals surface area contributed by atoms with Crippen LogP contribution in [0.3, 0.4) is 0 Å². The number of nitrogens with one attached hydrogen (secondary N) is 1. The Labute approximate surface area is 83.2 Å². The molecule has 12 heavy (non-hydrogen) atoms. The molecule has 0 saturated heterocycles. The van der Waals surface area contributed by atoms with E-state index in [1.54, 1.807) is 11.3 Å². The number of aromatic nitrogens is 2. The van der Waals surface area contributed by atoms with Crippen LogP contribution in [0.2, 0.25) is 10.4 Å². The van der Waals surface area contributed by atoms with Crippen LogP contribution in [0, 0.1) is 6.92 Å². The predicted octanol–water partition coefficient (Wildman–Crippen LogP) is 2.73. The van der Waals surface area contributed by atoms with E-state index in [9.17, 15) is 0 Å². The summed E-state index contributed by atoms with van der Waals surface area (Å²) in [4.78, 5) is 8.02. The number of halogens is 2. The van der Waals surface area contributed by atoms with Crippen molar-refractivity contribution < 1.29 is 4.98 Å². The van der Waals surface area contributed by atoms with Crippen LogP contribution in [0.1, 0.15) is 4.88 Å². The largest absolute Gasteiger partial charge is 0.395 e. The molecule has 2 nitrogen and oxygen atoms in total. The van der Waals surface area contributed by atoms with Crippen molar-refractivity contribution in [2.75, 3.05) is 0 Å². The number of fused-ring (bicyclic) bond motifs is 1. The fourth-order valence-electron chi connectivity index (χ4n) is 1.04. The maximum Gasteiger partial charge on any atom is 0.395 e. The van der Waals surface area contributed by atoms with Gasteiger partial charge in [0, 0.05) is 16.5 Å². The van der Waals surface area contributed by atoms with Crippen LogP contribution in [0.5, 0.6) is 0 Å². The Morgan fingerprint density at radius 3 is 3.00 bits per heavy atom. The molecule has 0 aliphatic heterocycles. The lowest BCUT2D eigenvalue weighted by atomic mass is 10.4. The summed E-state index contributed by atoms with van der Waals surface area (Å²) in [6, 6.07) is 2.00. The van der Waals surface area contributed by atoms with Crippen LogP contribution in [-0.4, -0.2) is 4.98 Å². The van der Waals surface area contributed by atoms with E-state index in [0.717, 1.165) is 10.2 Å². The van der Waals surface area contributed by atoms with Crippen LogP contribution in [0.15, 0.2) is 6.07 Å². The molecule has 0 radical (unpaired) electrons. The van der Waals surface area contributed by atoms with Gasteiger partial charge in [-0.25, -0.2) is 4.98 Å². The van der Waals surface area contributed by atoms with Gasteiger partial charge >= 0.3 is 5.28 Å². The number of hydrogen-bond acceptors (Lipinski definition) is 2. The van der Waals surface area contributed by atoms with E-state index in [2.05, 4.69) is 9.97 Å². The monoisotopic (exact) mass is 219 g/mol. The highest BCUT2D eigenvalue weighted by Crippen LogP contribution is 2.27. The van der Waals surface area contributed by atoms with E-state index in [1.165, 1.54) is 4.88 Å². The van der Waals surface area contributed by atoms with Gasteiger partial charge < -0.3 is 0 Å². The molecule has 0 atom stereocenters. The molecule has 0 bridgehead atoms. The van der Waals surface area contributed by atoms with E-state index in [0.29, 0.717) is 10.4 Å². The van der Waals surface area contributed by atoms with Gasteiger partial charge in [-0.1, -0.05) is 0 Å². The van der Waals surface area contributed by atoms with Crippen LogP contribution in [0.4, 0.5) is 0 Å². The molecule has 2 heterocycles. The summed E-state index contributed by atoms with van der Waals surface area (Å²) in [7, 11) is 0. The minimum atomic E-state index is 0.324. The molecule has 2 aromatic rings. The van der Waals surface area contributed by atoms with E-state index in [1.807, 2.05) is 13.0 Å². The zero-order valence-corrected chi connectivity index (χ0v) is 8.52. The molecule has 2 aromatic heterocycles. The van der Waals surface area contributed by atoms with E-state index in [4.69, 9.17) is 23.2 Å². The van der Waals surface area contributed by atoms with Crippen molar-refractivity contribution in [2.24, 2.45) is 0 Å². The lowest BCUT2D eigenvalue weighted by Gasteiger charge is -1.83. The average Bonchev–Trinajstić information content (AvgIpc) is 2.29. The minimum Gasteiger partial charge on any atom is -0.225 e. The van der Waals surface area contributed by atoms with Gasteiger partial charge in [0.15, 0.2) is 0 Å². The Kier molecular flexibility index (Phi) is 1.94. The zero-order chi connectivity index (χ0) is 8.72. The smallest absolute Gasteiger partial charge is 0.225 e. The fraction of sp³-hybridized carbons (Fsp3) is 0.143. The molecule has 0 aromatic carbocycles. The zero-order valence-electron chi connectivity index (χ0n) is 6.19. The molecule has 0 amide bonds. The van der Waals surface area contributed by atoms with Gasteiger partial charge in [0.05, 0.1) is 0 Å². The Bertz CT molecular complexity index is 438. The first-order valence-electron chi connectivity index (χ1n) is 3.31. The fourth-order valence-corrected chi connectivity index (χ4v) is 2.42. The molecule has 0 aliphatic rings. The normalized spacial score (nSPS) is 10.9. The van der Waals surface area contributed by atoms with Crippen LogP contribution in [0.25, 0.3) is 10.2 Å². The van der Waals surface area contributed by atoms with Crippen molar-refractivity contribution in [3.05, 3.63) is 21.4 Å². The number of H-pyrrole nitrogens is 1. The minimum absolute atomic E-state index is 0.324. The third-order valence-electron chi connectivity index (χ3n) is 1.48. The van der Waals surface area contributed by atoms with Crippen molar-refractivity contribution in [2.45, 2.75) is 6.92 Å². The number of hydrogen-bond donors (Lipinski definition) is 0. The van der Waals surface area contributed by atoms with Gasteiger partial charge in [-0.05, 0) is 29.6 Å². The third kappa shape index (κ3) is 1.28. The van der Waals surface area contributed by atoms with E-state index in [-0.39, 0.29) is 0 Å². The molecular formula is C7H5Cl2N2S+. The standard InChI is InChI=1S/C7H4Cl2N2S/c1-3-2-4-5(12-3)6(8)11-7(9)10-4/h2H,1H3/p+1. The summed E-state index contributed by atoms with van der Waals surface area (Å²) in [5.41, 5.74) is 0.947. The van der Waals surface area contributed by atoms with Crippen molar-refractivity contribution in [1.82, 2.24) is 4.98 Å². The summed E-state index contributed by atoms with van der Waals surface area (Å²) in [6.45, 7) is 2.02. The van der Waals surface area contributed by atoms with Crippen molar-refractivity contribution in [3.63, 3.8) is 0 Å². The van der Waals surface area contributed by atoms with Crippen molar-refractivity contribution >= 4 is 44.8 Å². The first-order chi connectivity index (χ1) is 5.66. The molecule has 5 heteroatoms. The second kappa shape index (κ2) is 2.83. The quantitative estimate of drug-likeness (QED) is 0.495. The molecule has 62 valence electrons. The predicted molar refractivity (Wildman–Crippen MR) is 50.9 cm³/mol. The molecule has 2 rings (SSSR count). The molecule has 0 saturated carbocycles. The van der Waals surface area contributed by atoms with Gasteiger partial charge in [-0.3, -0.25) is 0 Å². The van der Waals surface area contributed by atoms with Crippen LogP contribution < -0.4 is 4.98 Å². The number of thiophene rings is 1. The van der Waals surface area contributed by atoms with E-state index < -0.39 is 0 Å². The van der Waals surface area contributed by atoms with Crippen molar-refractivity contribution in [1.29, 1.82) is 0 Å². The maximum atomic E-state index is 5.87. The second-order valence-electron chi connectivity index (χ2n) is 2.42. The van der Waals surface area contributed by atoms with Crippen molar-refractivity contribution in [3.8, 4) is 0 Å². The topological polar surface area (TPSA) is 27.0 Å². The Balaban J connectivity index is 2.88. The summed E-state index contributed by atoms with van der Waals surface area (Å²) >= 11 is 13.2. The molecule has 0 unspecified atom stereocenters. The molecule has 1 N–H and O–H groups in total. The molecular weight excluding hydrogens is 215 g/mol. The molecule has 0 spiro atoms. The van der Waals surface area contributed by atoms with Gasteiger partial charge in [-0.2, -0.15) is 0 Å². The first-order valence-corrected chi connectivity index (χ1v) is 4.88. The van der Waals surface area contributed by atoms with E-state index >= 15 is 0 Å². The highest BCUT2D eigenvalue weighted by atomic mass is 35.5. The Morgan fingerprint density at radius 2 is 2.25 bits per heavy atom. The Morgan fingerprint density at radius 1 is 1.50 bits per heavy atom. The van der Waals surface area contributed by atoms with Crippen LogP contribution in [-0.2, 0) is 0 Å². The average molecular weight is 220 g/mol. The highest BCUT2D eigenvalue weighted by molar-refractivity contribution is 7.19. The third-order valence-corrected chi connectivity index (χ3v) is 3.10. The lowest BCUT2D eigenvalue weighted by molar-refractivity contribution is -0.346. The first kappa shape index (κ1) is 8.23. The summed E-state index contributed by atoms with van der Waals surface area (Å²) in [5, 5.41) is 0.789. The van der Waals surface area contributed by atoms with Gasteiger partial charge in [0.2, 0.25) is 0 Å². The summed E-state index contributed by atoms with van der Waals surface area (Å²) in [5.74, 6) is 0. The lowest BCUT2D eigenvalue weighted by Crippen LogP contribution is -2.05. The van der Waals surface area contributed by atoms with Crippen LogP contribution >= 0.6 is 34.5 Å². The Hall–Kier alpha value is -0.380. The number of nitrogens with zero attached hydrogens (tertiary/aromatic N) is 1. The van der Waals surface area contributed by atoms with Gasteiger partial charge in [-0.15, -0.1) is 11.3 Å². The van der Waals surface area contributed by atoms with Gasteiger partial charge in [0.25, 0.3) is 5.15 Å². The summed E-state index contributed by atoms with van der Waals surface area (Å²) in [6.07, 6.45) is 0. The number of aromatic amines is 1. The maximum absolute atomic E-state index is 5.87. The summed E-state index contributed by atoms with van der Waals surface area (Å²) < 4.78 is 0.957. The number of aryl methyl sites for hydroxylation is 1. The highest BCUT2D eigenvalue weighted by Gasteiger charge is 2.13. The number of rotatable bonds is 0. The van der Waals surface area contributed by atoms with Gasteiger partial charge in [0.1, 0.15) is 10.2 Å². The second-order valence-corrected chi connectivity index (χ2v) is 4.39. The molecule has 0 aliphatic carbocycles. The SMILES string of the molecule is Cc1cc2[nH+]c(Cl)nc(Cl)c2s1.